The highest BCUT2D eigenvalue weighted by Gasteiger charge is 2.11. The molecule has 19 heavy (non-hydrogen) atoms. The van der Waals surface area contributed by atoms with Crippen molar-refractivity contribution in [2.75, 3.05) is 19.8 Å². The SMILES string of the molecule is C=Cc1ccc(COCC[SiH](OCC)OCC)cc1. The molecule has 0 atom stereocenters. The van der Waals surface area contributed by atoms with Gasteiger partial charge >= 0.3 is 9.28 Å². The molecule has 1 aromatic rings. The Bertz CT molecular complexity index is 345. The second-order valence-corrected chi connectivity index (χ2v) is 6.23. The van der Waals surface area contributed by atoms with E-state index in [9.17, 15) is 0 Å². The molecule has 0 N–H and O–H groups in total. The van der Waals surface area contributed by atoms with E-state index >= 15 is 0 Å². The predicted octanol–water partition coefficient (Wildman–Crippen LogP) is 3.14. The first-order chi connectivity index (χ1) is 9.30. The Kier molecular flexibility index (Phi) is 8.41. The highest BCUT2D eigenvalue weighted by Crippen LogP contribution is 2.07. The van der Waals surface area contributed by atoms with Crippen LogP contribution in [0.5, 0.6) is 0 Å². The normalized spacial score (nSPS) is 10.9. The van der Waals surface area contributed by atoms with E-state index in [-0.39, 0.29) is 0 Å². The number of hydrogen-bond acceptors (Lipinski definition) is 3. The molecule has 0 aliphatic carbocycles. The molecule has 0 saturated heterocycles. The van der Waals surface area contributed by atoms with E-state index in [1.165, 1.54) is 5.56 Å². The summed E-state index contributed by atoms with van der Waals surface area (Å²) in [6.07, 6.45) is 1.84. The fourth-order valence-corrected chi connectivity index (χ4v) is 3.24. The molecule has 0 amide bonds. The zero-order valence-electron chi connectivity index (χ0n) is 11.9. The van der Waals surface area contributed by atoms with Gasteiger partial charge < -0.3 is 13.6 Å². The van der Waals surface area contributed by atoms with Gasteiger partial charge in [-0.3, -0.25) is 0 Å². The lowest BCUT2D eigenvalue weighted by atomic mass is 10.1. The third-order valence-corrected chi connectivity index (χ3v) is 4.80. The zero-order chi connectivity index (χ0) is 13.9. The Morgan fingerprint density at radius 2 is 1.74 bits per heavy atom. The van der Waals surface area contributed by atoms with Gasteiger partial charge in [-0.25, -0.2) is 0 Å². The predicted molar refractivity (Wildman–Crippen MR) is 81.4 cm³/mol. The second-order valence-electron chi connectivity index (χ2n) is 4.13. The largest absolute Gasteiger partial charge is 0.397 e. The lowest BCUT2D eigenvalue weighted by molar-refractivity contribution is 0.122. The lowest BCUT2D eigenvalue weighted by Crippen LogP contribution is -2.24. The first-order valence-electron chi connectivity index (χ1n) is 6.82. The summed E-state index contributed by atoms with van der Waals surface area (Å²) in [6.45, 7) is 10.5. The molecule has 1 rings (SSSR count). The van der Waals surface area contributed by atoms with Gasteiger partial charge in [0.1, 0.15) is 0 Å². The highest BCUT2D eigenvalue weighted by atomic mass is 28.3. The van der Waals surface area contributed by atoms with Crippen LogP contribution in [0.4, 0.5) is 0 Å². The molecule has 0 heterocycles. The van der Waals surface area contributed by atoms with Crippen LogP contribution >= 0.6 is 0 Å². The molecule has 0 saturated carbocycles. The van der Waals surface area contributed by atoms with E-state index < -0.39 is 9.28 Å². The van der Waals surface area contributed by atoms with Gasteiger partial charge in [-0.15, -0.1) is 0 Å². The fourth-order valence-electron chi connectivity index (χ4n) is 1.71. The standard InChI is InChI=1S/C15H24O3Si/c1-4-14-7-9-15(10-8-14)13-16-11-12-19(17-5-2)18-6-3/h4,7-10,19H,1,5-6,11-13H2,2-3H3. The van der Waals surface area contributed by atoms with Gasteiger partial charge in [0, 0.05) is 25.9 Å². The van der Waals surface area contributed by atoms with Crippen molar-refractivity contribution in [3.05, 3.63) is 42.0 Å². The maximum Gasteiger partial charge on any atom is 0.323 e. The number of hydrogen-bond donors (Lipinski definition) is 0. The Morgan fingerprint density at radius 3 is 2.26 bits per heavy atom. The average molecular weight is 280 g/mol. The van der Waals surface area contributed by atoms with Gasteiger partial charge in [-0.05, 0) is 25.0 Å². The van der Waals surface area contributed by atoms with Crippen molar-refractivity contribution in [1.29, 1.82) is 0 Å². The van der Waals surface area contributed by atoms with Gasteiger partial charge in [0.25, 0.3) is 0 Å². The van der Waals surface area contributed by atoms with Crippen LogP contribution in [0, 0.1) is 0 Å². The Morgan fingerprint density at radius 1 is 1.11 bits per heavy atom. The monoisotopic (exact) mass is 280 g/mol. The van der Waals surface area contributed by atoms with E-state index in [0.717, 1.165) is 24.8 Å². The summed E-state index contributed by atoms with van der Waals surface area (Å²) in [5, 5.41) is 0. The maximum absolute atomic E-state index is 5.67. The van der Waals surface area contributed by atoms with Gasteiger partial charge in [0.2, 0.25) is 0 Å². The van der Waals surface area contributed by atoms with E-state index in [1.807, 2.05) is 32.1 Å². The molecular weight excluding hydrogens is 256 g/mol. The van der Waals surface area contributed by atoms with Gasteiger partial charge in [-0.2, -0.15) is 0 Å². The summed E-state index contributed by atoms with van der Waals surface area (Å²) in [6, 6.07) is 9.12. The summed E-state index contributed by atoms with van der Waals surface area (Å²) < 4.78 is 16.8. The third-order valence-electron chi connectivity index (χ3n) is 2.69. The van der Waals surface area contributed by atoms with Crippen LogP contribution in [0.2, 0.25) is 6.04 Å². The summed E-state index contributed by atoms with van der Waals surface area (Å²) in [7, 11) is -1.51. The third kappa shape index (κ3) is 6.68. The van der Waals surface area contributed by atoms with Gasteiger partial charge in [-0.1, -0.05) is 36.9 Å². The molecule has 0 unspecified atom stereocenters. The van der Waals surface area contributed by atoms with Crippen molar-refractivity contribution in [2.24, 2.45) is 0 Å². The molecule has 106 valence electrons. The van der Waals surface area contributed by atoms with Crippen LogP contribution in [-0.2, 0) is 20.2 Å². The van der Waals surface area contributed by atoms with Crippen LogP contribution < -0.4 is 0 Å². The minimum atomic E-state index is -1.51. The van der Waals surface area contributed by atoms with Crippen LogP contribution in [-0.4, -0.2) is 29.1 Å². The molecule has 4 heteroatoms. The number of ether oxygens (including phenoxy) is 1. The fraction of sp³-hybridized carbons (Fsp3) is 0.467. The Hall–Kier alpha value is -0.943. The van der Waals surface area contributed by atoms with Crippen molar-refractivity contribution in [3.63, 3.8) is 0 Å². The zero-order valence-corrected chi connectivity index (χ0v) is 13.1. The molecule has 0 bridgehead atoms. The van der Waals surface area contributed by atoms with Crippen molar-refractivity contribution in [1.82, 2.24) is 0 Å². The first-order valence-corrected chi connectivity index (χ1v) is 8.58. The van der Waals surface area contributed by atoms with Crippen LogP contribution in [0.15, 0.2) is 30.8 Å². The van der Waals surface area contributed by atoms with Crippen LogP contribution in [0.3, 0.4) is 0 Å². The van der Waals surface area contributed by atoms with Crippen molar-refractivity contribution in [2.45, 2.75) is 26.5 Å². The minimum absolute atomic E-state index is 0.636. The van der Waals surface area contributed by atoms with Crippen molar-refractivity contribution >= 4 is 15.4 Å². The molecule has 3 nitrogen and oxygen atoms in total. The Labute approximate surface area is 118 Å². The molecule has 0 aliphatic heterocycles. The average Bonchev–Trinajstić information content (AvgIpc) is 2.44. The summed E-state index contributed by atoms with van der Waals surface area (Å²) in [4.78, 5) is 0. The number of rotatable bonds is 10. The quantitative estimate of drug-likeness (QED) is 0.487. The molecule has 0 radical (unpaired) electrons. The molecular formula is C15H24O3Si. The summed E-state index contributed by atoms with van der Waals surface area (Å²) in [5.41, 5.74) is 2.31. The van der Waals surface area contributed by atoms with E-state index in [4.69, 9.17) is 13.6 Å². The summed E-state index contributed by atoms with van der Waals surface area (Å²) >= 11 is 0. The van der Waals surface area contributed by atoms with Crippen molar-refractivity contribution in [3.8, 4) is 0 Å². The van der Waals surface area contributed by atoms with E-state index in [2.05, 4.69) is 18.7 Å². The van der Waals surface area contributed by atoms with E-state index in [1.54, 1.807) is 0 Å². The number of benzene rings is 1. The summed E-state index contributed by atoms with van der Waals surface area (Å²) in [5.74, 6) is 0. The first kappa shape index (κ1) is 16.1. The topological polar surface area (TPSA) is 27.7 Å². The molecule has 0 aliphatic rings. The van der Waals surface area contributed by atoms with Crippen LogP contribution in [0.1, 0.15) is 25.0 Å². The minimum Gasteiger partial charge on any atom is -0.397 e. The Balaban J connectivity index is 2.23. The maximum atomic E-state index is 5.67. The van der Waals surface area contributed by atoms with E-state index in [0.29, 0.717) is 13.2 Å². The molecule has 0 spiro atoms. The smallest absolute Gasteiger partial charge is 0.323 e. The second kappa shape index (κ2) is 9.92. The molecule has 0 aromatic heterocycles. The van der Waals surface area contributed by atoms with Crippen LogP contribution in [0.25, 0.3) is 6.08 Å². The highest BCUT2D eigenvalue weighted by molar-refractivity contribution is 6.44. The lowest BCUT2D eigenvalue weighted by Gasteiger charge is -2.14. The van der Waals surface area contributed by atoms with Gasteiger partial charge in [0.15, 0.2) is 0 Å². The van der Waals surface area contributed by atoms with Gasteiger partial charge in [0.05, 0.1) is 6.61 Å². The molecule has 0 fully saturated rings. The van der Waals surface area contributed by atoms with Crippen molar-refractivity contribution < 1.29 is 13.6 Å². The molecule has 1 aromatic carbocycles.